The minimum atomic E-state index is -0.0642. The largest absolute Gasteiger partial charge is 0.352 e. The molecule has 1 aliphatic heterocycles. The summed E-state index contributed by atoms with van der Waals surface area (Å²) in [4.78, 5) is 35.1. The van der Waals surface area contributed by atoms with Gasteiger partial charge in [0.2, 0.25) is 0 Å². The summed E-state index contributed by atoms with van der Waals surface area (Å²) >= 11 is 0. The third kappa shape index (κ3) is 3.81. The van der Waals surface area contributed by atoms with Gasteiger partial charge in [-0.05, 0) is 24.7 Å². The molecule has 1 saturated heterocycles. The Morgan fingerprint density at radius 3 is 2.56 bits per heavy atom. The van der Waals surface area contributed by atoms with E-state index >= 15 is 0 Å². The van der Waals surface area contributed by atoms with Crippen molar-refractivity contribution in [3.8, 4) is 0 Å². The molecule has 0 saturated carbocycles. The molecule has 0 N–H and O–H groups in total. The van der Waals surface area contributed by atoms with Gasteiger partial charge >= 0.3 is 0 Å². The lowest BCUT2D eigenvalue weighted by Crippen LogP contribution is -2.40. The minimum absolute atomic E-state index is 0.0136. The first-order valence-electron chi connectivity index (χ1n) is 8.78. The predicted octanol–water partition coefficient (Wildman–Crippen LogP) is 1.38. The lowest BCUT2D eigenvalue weighted by molar-refractivity contribution is 0.349. The van der Waals surface area contributed by atoms with Crippen LogP contribution in [0.15, 0.2) is 34.4 Å². The normalized spacial score (nSPS) is 15.8. The number of nitrogens with zero attached hydrogens (tertiary/aromatic N) is 5. The molecule has 2 aromatic heterocycles. The van der Waals surface area contributed by atoms with Crippen molar-refractivity contribution in [2.75, 3.05) is 18.0 Å². The van der Waals surface area contributed by atoms with Crippen LogP contribution in [-0.4, -0.2) is 32.2 Å². The number of aromatic nitrogens is 4. The number of anilines is 1. The first kappa shape index (κ1) is 17.4. The van der Waals surface area contributed by atoms with E-state index in [0.29, 0.717) is 18.3 Å². The zero-order valence-electron chi connectivity index (χ0n) is 15.1. The number of hydrogen-bond acceptors (Lipinski definition) is 5. The van der Waals surface area contributed by atoms with E-state index in [-0.39, 0.29) is 17.0 Å². The van der Waals surface area contributed by atoms with Crippen LogP contribution in [0.1, 0.15) is 38.3 Å². The van der Waals surface area contributed by atoms with E-state index in [1.807, 2.05) is 18.7 Å². The molecule has 0 atom stereocenters. The predicted molar refractivity (Wildman–Crippen MR) is 97.0 cm³/mol. The monoisotopic (exact) mass is 343 g/mol. The van der Waals surface area contributed by atoms with Gasteiger partial charge in [-0.3, -0.25) is 14.2 Å². The van der Waals surface area contributed by atoms with Crippen LogP contribution < -0.4 is 16.0 Å². The molecule has 0 unspecified atom stereocenters. The van der Waals surface area contributed by atoms with E-state index in [2.05, 4.69) is 9.97 Å². The van der Waals surface area contributed by atoms with Gasteiger partial charge in [0.25, 0.3) is 11.1 Å². The highest BCUT2D eigenvalue weighted by Gasteiger charge is 2.22. The van der Waals surface area contributed by atoms with Crippen LogP contribution in [0.4, 0.5) is 5.82 Å². The molecule has 0 spiro atoms. The average molecular weight is 343 g/mol. The second-order valence-corrected chi connectivity index (χ2v) is 7.06. The molecular formula is C18H25N5O2. The van der Waals surface area contributed by atoms with Crippen LogP contribution in [0, 0.1) is 5.92 Å². The maximum atomic E-state index is 12.2. The SMILES string of the molecule is CC(C)c1cc(=O)n(CC2CCN(c3nccn(C)c3=O)CC2)cn1. The summed E-state index contributed by atoms with van der Waals surface area (Å²) in [6, 6.07) is 1.64. The van der Waals surface area contributed by atoms with E-state index in [4.69, 9.17) is 0 Å². The molecular weight excluding hydrogens is 318 g/mol. The maximum absolute atomic E-state index is 12.2. The van der Waals surface area contributed by atoms with Crippen molar-refractivity contribution < 1.29 is 0 Å². The Hall–Kier alpha value is -2.44. The van der Waals surface area contributed by atoms with E-state index in [1.165, 1.54) is 0 Å². The summed E-state index contributed by atoms with van der Waals surface area (Å²) in [7, 11) is 1.74. The van der Waals surface area contributed by atoms with Gasteiger partial charge < -0.3 is 9.47 Å². The quantitative estimate of drug-likeness (QED) is 0.838. The zero-order chi connectivity index (χ0) is 18.0. The number of rotatable bonds is 4. The van der Waals surface area contributed by atoms with Gasteiger partial charge in [-0.25, -0.2) is 9.97 Å². The minimum Gasteiger partial charge on any atom is -0.352 e. The number of hydrogen-bond donors (Lipinski definition) is 0. The Kier molecular flexibility index (Phi) is 5.01. The molecule has 1 fully saturated rings. The first-order chi connectivity index (χ1) is 12.0. The molecule has 3 heterocycles. The Bertz CT molecular complexity index is 847. The molecule has 0 amide bonds. The van der Waals surface area contributed by atoms with Crippen molar-refractivity contribution in [1.29, 1.82) is 0 Å². The third-order valence-electron chi connectivity index (χ3n) is 4.86. The lowest BCUT2D eigenvalue weighted by atomic mass is 9.96. The zero-order valence-corrected chi connectivity index (χ0v) is 15.1. The highest BCUT2D eigenvalue weighted by atomic mass is 16.1. The lowest BCUT2D eigenvalue weighted by Gasteiger charge is -2.32. The van der Waals surface area contributed by atoms with Gasteiger partial charge in [0.15, 0.2) is 5.82 Å². The summed E-state index contributed by atoms with van der Waals surface area (Å²) in [6.45, 7) is 6.30. The second kappa shape index (κ2) is 7.21. The fourth-order valence-electron chi connectivity index (χ4n) is 3.20. The number of piperidine rings is 1. The fraction of sp³-hybridized carbons (Fsp3) is 0.556. The molecule has 0 bridgehead atoms. The summed E-state index contributed by atoms with van der Waals surface area (Å²) in [5, 5.41) is 0. The topological polar surface area (TPSA) is 73.0 Å². The number of aryl methyl sites for hydroxylation is 1. The highest BCUT2D eigenvalue weighted by Crippen LogP contribution is 2.21. The molecule has 2 aromatic rings. The molecule has 1 aliphatic rings. The Balaban J connectivity index is 1.64. The molecule has 25 heavy (non-hydrogen) atoms. The molecule has 7 heteroatoms. The first-order valence-corrected chi connectivity index (χ1v) is 8.78. The van der Waals surface area contributed by atoms with Gasteiger partial charge in [-0.1, -0.05) is 13.8 Å². The van der Waals surface area contributed by atoms with Crippen molar-refractivity contribution in [3.05, 3.63) is 51.2 Å². The smallest absolute Gasteiger partial charge is 0.293 e. The molecule has 0 radical (unpaired) electrons. The van der Waals surface area contributed by atoms with Crippen LogP contribution >= 0.6 is 0 Å². The van der Waals surface area contributed by atoms with Crippen LogP contribution in [0.3, 0.4) is 0 Å². The van der Waals surface area contributed by atoms with Crippen LogP contribution in [0.2, 0.25) is 0 Å². The van der Waals surface area contributed by atoms with Gasteiger partial charge in [-0.2, -0.15) is 0 Å². The van der Waals surface area contributed by atoms with Crippen molar-refractivity contribution >= 4 is 5.82 Å². The Morgan fingerprint density at radius 2 is 1.92 bits per heavy atom. The van der Waals surface area contributed by atoms with Gasteiger partial charge in [0, 0.05) is 45.1 Å². The van der Waals surface area contributed by atoms with Crippen molar-refractivity contribution in [1.82, 2.24) is 19.1 Å². The molecule has 0 aliphatic carbocycles. The van der Waals surface area contributed by atoms with E-state index in [1.54, 1.807) is 41.0 Å². The standard InChI is InChI=1S/C18H25N5O2/c1-13(2)15-10-16(24)23(12-20-15)11-14-4-7-22(8-5-14)17-18(25)21(3)9-6-19-17/h6,9-10,12-14H,4-5,7-8,11H2,1-3H3. The van der Waals surface area contributed by atoms with E-state index < -0.39 is 0 Å². The average Bonchev–Trinajstić information content (AvgIpc) is 2.60. The fourth-order valence-corrected chi connectivity index (χ4v) is 3.20. The van der Waals surface area contributed by atoms with Gasteiger partial charge in [0.05, 0.1) is 12.0 Å². The molecule has 7 nitrogen and oxygen atoms in total. The molecule has 134 valence electrons. The maximum Gasteiger partial charge on any atom is 0.293 e. The van der Waals surface area contributed by atoms with Crippen LogP contribution in [0.25, 0.3) is 0 Å². The van der Waals surface area contributed by atoms with Crippen molar-refractivity contribution in [2.24, 2.45) is 13.0 Å². The van der Waals surface area contributed by atoms with E-state index in [0.717, 1.165) is 31.6 Å². The molecule has 0 aromatic carbocycles. The van der Waals surface area contributed by atoms with Gasteiger partial charge in [0.1, 0.15) is 0 Å². The van der Waals surface area contributed by atoms with E-state index in [9.17, 15) is 9.59 Å². The van der Waals surface area contributed by atoms with Gasteiger partial charge in [-0.15, -0.1) is 0 Å². The van der Waals surface area contributed by atoms with Crippen LogP contribution in [-0.2, 0) is 13.6 Å². The third-order valence-corrected chi connectivity index (χ3v) is 4.86. The highest BCUT2D eigenvalue weighted by molar-refractivity contribution is 5.36. The summed E-state index contributed by atoms with van der Waals surface area (Å²) in [5.41, 5.74) is 0.785. The van der Waals surface area contributed by atoms with Crippen molar-refractivity contribution in [3.63, 3.8) is 0 Å². The molecule has 3 rings (SSSR count). The summed E-state index contributed by atoms with van der Waals surface area (Å²) in [5.74, 6) is 1.18. The second-order valence-electron chi connectivity index (χ2n) is 7.06. The Morgan fingerprint density at radius 1 is 1.20 bits per heavy atom. The van der Waals surface area contributed by atoms with Crippen LogP contribution in [0.5, 0.6) is 0 Å². The summed E-state index contributed by atoms with van der Waals surface area (Å²) < 4.78 is 3.25. The summed E-state index contributed by atoms with van der Waals surface area (Å²) in [6.07, 6.45) is 6.85. The van der Waals surface area contributed by atoms with Crippen molar-refractivity contribution in [2.45, 2.75) is 39.2 Å². The Labute approximate surface area is 147 Å².